The number of carbonyl (C=O) groups excluding carboxylic acids is 3. The number of hydrogen-bond donors (Lipinski definition) is 1. The molecule has 0 saturated carbocycles. The van der Waals surface area contributed by atoms with E-state index in [1.807, 2.05) is 30.3 Å². The van der Waals surface area contributed by atoms with Gasteiger partial charge in [-0.2, -0.15) is 0 Å². The average Bonchev–Trinajstić information content (AvgIpc) is 2.89. The van der Waals surface area contributed by atoms with Gasteiger partial charge in [-0.15, -0.1) is 0 Å². The second-order valence-electron chi connectivity index (χ2n) is 8.43. The summed E-state index contributed by atoms with van der Waals surface area (Å²) in [7, 11) is 0. The molecule has 2 heterocycles. The van der Waals surface area contributed by atoms with Crippen LogP contribution in [0.15, 0.2) is 60.7 Å². The molecule has 35 heavy (non-hydrogen) atoms. The van der Waals surface area contributed by atoms with Crippen LogP contribution in [0.5, 0.6) is 0 Å². The average molecular weight is 478 g/mol. The molecule has 182 valence electrons. The summed E-state index contributed by atoms with van der Waals surface area (Å²) in [4.78, 5) is 54.3. The number of hydrogen-bond acceptors (Lipinski definition) is 6. The van der Waals surface area contributed by atoms with Gasteiger partial charge < -0.3 is 20.0 Å². The number of amides is 3. The van der Waals surface area contributed by atoms with E-state index in [0.29, 0.717) is 38.3 Å². The predicted octanol–water partition coefficient (Wildman–Crippen LogP) is 1.67. The summed E-state index contributed by atoms with van der Waals surface area (Å²) in [5, 5.41) is 13.7. The Hall–Kier alpha value is -4.21. The van der Waals surface area contributed by atoms with Crippen molar-refractivity contribution in [3.63, 3.8) is 0 Å². The summed E-state index contributed by atoms with van der Waals surface area (Å²) in [6, 6.07) is 15.0. The van der Waals surface area contributed by atoms with E-state index in [9.17, 15) is 24.5 Å². The van der Waals surface area contributed by atoms with Gasteiger partial charge in [0.25, 0.3) is 5.69 Å². The number of anilines is 1. The minimum Gasteiger partial charge on any atom is -0.368 e. The summed E-state index contributed by atoms with van der Waals surface area (Å²) in [5.41, 5.74) is 1.53. The molecule has 0 aromatic heterocycles. The summed E-state index contributed by atoms with van der Waals surface area (Å²) in [6.07, 6.45) is 2.67. The molecule has 10 heteroatoms. The van der Waals surface area contributed by atoms with Crippen molar-refractivity contribution < 1.29 is 19.3 Å². The van der Waals surface area contributed by atoms with Crippen molar-refractivity contribution in [2.24, 2.45) is 0 Å². The van der Waals surface area contributed by atoms with Gasteiger partial charge in [0.2, 0.25) is 17.7 Å². The maximum atomic E-state index is 13.0. The monoisotopic (exact) mass is 477 g/mol. The van der Waals surface area contributed by atoms with Crippen molar-refractivity contribution in [1.82, 2.24) is 15.1 Å². The van der Waals surface area contributed by atoms with Gasteiger partial charge >= 0.3 is 0 Å². The third-order valence-corrected chi connectivity index (χ3v) is 6.23. The molecule has 4 rings (SSSR count). The zero-order valence-electron chi connectivity index (χ0n) is 19.2. The Morgan fingerprint density at radius 3 is 2.49 bits per heavy atom. The van der Waals surface area contributed by atoms with Crippen LogP contribution in [-0.2, 0) is 14.4 Å². The highest BCUT2D eigenvalue weighted by molar-refractivity contribution is 5.98. The Kier molecular flexibility index (Phi) is 7.39. The van der Waals surface area contributed by atoms with Gasteiger partial charge in [0.15, 0.2) is 0 Å². The SMILES string of the molecule is O=C1NCCN(C(=O)/C=C/c2cccc([N+](=O)[O-])c2)C1CC(=O)N1CCN(c2ccccc2)CC1. The van der Waals surface area contributed by atoms with Crippen molar-refractivity contribution in [3.05, 3.63) is 76.4 Å². The Balaban J connectivity index is 1.38. The molecule has 3 amide bonds. The van der Waals surface area contributed by atoms with Crippen LogP contribution >= 0.6 is 0 Å². The zero-order chi connectivity index (χ0) is 24.8. The van der Waals surface area contributed by atoms with Crippen LogP contribution in [0.3, 0.4) is 0 Å². The molecule has 1 atom stereocenters. The third kappa shape index (κ3) is 5.84. The number of nitrogens with one attached hydrogen (secondary N) is 1. The molecule has 2 aliphatic heterocycles. The van der Waals surface area contributed by atoms with E-state index in [-0.39, 0.29) is 30.5 Å². The van der Waals surface area contributed by atoms with Crippen LogP contribution in [0, 0.1) is 10.1 Å². The van der Waals surface area contributed by atoms with Crippen molar-refractivity contribution in [3.8, 4) is 0 Å². The first kappa shape index (κ1) is 23.9. The maximum absolute atomic E-state index is 13.0. The highest BCUT2D eigenvalue weighted by atomic mass is 16.6. The number of nitrogens with zero attached hydrogens (tertiary/aromatic N) is 4. The molecule has 10 nitrogen and oxygen atoms in total. The second-order valence-corrected chi connectivity index (χ2v) is 8.43. The van der Waals surface area contributed by atoms with Gasteiger partial charge in [-0.05, 0) is 23.8 Å². The Morgan fingerprint density at radius 1 is 1.03 bits per heavy atom. The molecule has 2 aromatic carbocycles. The first-order valence-electron chi connectivity index (χ1n) is 11.5. The van der Waals surface area contributed by atoms with Gasteiger partial charge in [-0.25, -0.2) is 0 Å². The van der Waals surface area contributed by atoms with Gasteiger partial charge in [-0.1, -0.05) is 30.3 Å². The number of benzene rings is 2. The first-order valence-corrected chi connectivity index (χ1v) is 11.5. The Labute approximate surface area is 202 Å². The normalized spacial score (nSPS) is 18.5. The number of carbonyl (C=O) groups is 3. The molecule has 2 saturated heterocycles. The fourth-order valence-electron chi connectivity index (χ4n) is 4.33. The van der Waals surface area contributed by atoms with Crippen molar-refractivity contribution in [1.29, 1.82) is 0 Å². The van der Waals surface area contributed by atoms with E-state index in [1.165, 1.54) is 35.3 Å². The van der Waals surface area contributed by atoms with Crippen molar-refractivity contribution in [2.45, 2.75) is 12.5 Å². The fraction of sp³-hybridized carbons (Fsp3) is 0.320. The lowest BCUT2D eigenvalue weighted by Crippen LogP contribution is -2.59. The van der Waals surface area contributed by atoms with Crippen LogP contribution in [0.1, 0.15) is 12.0 Å². The van der Waals surface area contributed by atoms with E-state index in [1.54, 1.807) is 11.0 Å². The highest BCUT2D eigenvalue weighted by Gasteiger charge is 2.35. The molecule has 0 bridgehead atoms. The lowest BCUT2D eigenvalue weighted by molar-refractivity contribution is -0.384. The molecule has 1 unspecified atom stereocenters. The molecular weight excluding hydrogens is 450 g/mol. The lowest BCUT2D eigenvalue weighted by atomic mass is 10.1. The summed E-state index contributed by atoms with van der Waals surface area (Å²) < 4.78 is 0. The van der Waals surface area contributed by atoms with Crippen molar-refractivity contribution in [2.75, 3.05) is 44.2 Å². The van der Waals surface area contributed by atoms with Gasteiger partial charge in [0, 0.05) is 63.2 Å². The number of non-ortho nitro benzene ring substituents is 1. The van der Waals surface area contributed by atoms with Crippen molar-refractivity contribution >= 4 is 35.2 Å². The highest BCUT2D eigenvalue weighted by Crippen LogP contribution is 2.18. The Bertz CT molecular complexity index is 1130. The smallest absolute Gasteiger partial charge is 0.270 e. The molecular formula is C25H27N5O5. The molecule has 0 spiro atoms. The standard InChI is InChI=1S/C25H27N5O5/c31-23(10-9-19-5-4-8-21(17-19)30(34)35)29-12-11-26-25(33)22(29)18-24(32)28-15-13-27(14-16-28)20-6-2-1-3-7-20/h1-10,17,22H,11-16,18H2,(H,26,33)/b10-9+. The minimum absolute atomic E-state index is 0.0761. The van der Waals surface area contributed by atoms with Crippen LogP contribution in [-0.4, -0.2) is 77.8 Å². The molecule has 2 fully saturated rings. The van der Waals surface area contributed by atoms with E-state index in [4.69, 9.17) is 0 Å². The maximum Gasteiger partial charge on any atom is 0.270 e. The molecule has 2 aliphatic rings. The molecule has 2 aromatic rings. The minimum atomic E-state index is -0.898. The van der Waals surface area contributed by atoms with Crippen LogP contribution in [0.2, 0.25) is 0 Å². The zero-order valence-corrected chi connectivity index (χ0v) is 19.2. The number of piperazine rings is 2. The van der Waals surface area contributed by atoms with Crippen LogP contribution < -0.4 is 10.2 Å². The van der Waals surface area contributed by atoms with Gasteiger partial charge in [-0.3, -0.25) is 24.5 Å². The second kappa shape index (κ2) is 10.8. The lowest BCUT2D eigenvalue weighted by Gasteiger charge is -2.38. The third-order valence-electron chi connectivity index (χ3n) is 6.23. The summed E-state index contributed by atoms with van der Waals surface area (Å²) >= 11 is 0. The van der Waals surface area contributed by atoms with E-state index in [2.05, 4.69) is 10.2 Å². The Morgan fingerprint density at radius 2 is 1.77 bits per heavy atom. The summed E-state index contributed by atoms with van der Waals surface area (Å²) in [5.74, 6) is -0.942. The number of para-hydroxylation sites is 1. The number of nitro groups is 1. The van der Waals surface area contributed by atoms with Crippen LogP contribution in [0.25, 0.3) is 6.08 Å². The molecule has 1 N–H and O–H groups in total. The molecule has 0 aliphatic carbocycles. The van der Waals surface area contributed by atoms with E-state index < -0.39 is 16.9 Å². The summed E-state index contributed by atoms with van der Waals surface area (Å²) in [6.45, 7) is 3.06. The topological polar surface area (TPSA) is 116 Å². The number of rotatable bonds is 6. The fourth-order valence-corrected chi connectivity index (χ4v) is 4.33. The van der Waals surface area contributed by atoms with Gasteiger partial charge in [0.05, 0.1) is 11.3 Å². The largest absolute Gasteiger partial charge is 0.368 e. The van der Waals surface area contributed by atoms with Crippen LogP contribution in [0.4, 0.5) is 11.4 Å². The quantitative estimate of drug-likeness (QED) is 0.384. The van der Waals surface area contributed by atoms with E-state index >= 15 is 0 Å². The van der Waals surface area contributed by atoms with Gasteiger partial charge in [0.1, 0.15) is 6.04 Å². The number of nitro benzene ring substituents is 1. The first-order chi connectivity index (χ1) is 16.9. The molecule has 0 radical (unpaired) electrons. The predicted molar refractivity (Wildman–Crippen MR) is 130 cm³/mol. The van der Waals surface area contributed by atoms with E-state index in [0.717, 1.165) is 5.69 Å².